The standard InChI is InChI=1S/C7H12N6/c1-5-2-3-6(10-12-8)7(4-5)11-13-9/h5-7H,2-4H2,1H3/t5?,6-,7-/m1/s1. The van der Waals surface area contributed by atoms with Crippen molar-refractivity contribution in [3.63, 3.8) is 0 Å². The number of rotatable bonds is 2. The SMILES string of the molecule is CC1CC[C@@H](N=[N+]=[N-])[C@H](N=[N+]=[N-])C1. The van der Waals surface area contributed by atoms with Gasteiger partial charge in [-0.1, -0.05) is 23.6 Å². The molecule has 0 heterocycles. The summed E-state index contributed by atoms with van der Waals surface area (Å²) in [5.41, 5.74) is 16.6. The normalized spacial score (nSPS) is 32.8. The largest absolute Gasteiger partial charge is 0.0902 e. The molecule has 6 heteroatoms. The van der Waals surface area contributed by atoms with E-state index in [1.165, 1.54) is 0 Å². The van der Waals surface area contributed by atoms with E-state index in [9.17, 15) is 0 Å². The van der Waals surface area contributed by atoms with Crippen molar-refractivity contribution >= 4 is 0 Å². The summed E-state index contributed by atoms with van der Waals surface area (Å²) in [5.74, 6) is 0.556. The van der Waals surface area contributed by atoms with Gasteiger partial charge >= 0.3 is 0 Å². The van der Waals surface area contributed by atoms with E-state index in [0.29, 0.717) is 5.92 Å². The Balaban J connectivity index is 2.70. The van der Waals surface area contributed by atoms with Crippen molar-refractivity contribution in [1.82, 2.24) is 0 Å². The van der Waals surface area contributed by atoms with E-state index in [2.05, 4.69) is 27.0 Å². The molecule has 1 aliphatic carbocycles. The first kappa shape index (κ1) is 9.71. The van der Waals surface area contributed by atoms with Crippen LogP contribution in [0, 0.1) is 5.92 Å². The molecule has 0 aromatic rings. The van der Waals surface area contributed by atoms with Gasteiger partial charge in [-0.05, 0) is 29.8 Å². The van der Waals surface area contributed by atoms with E-state index in [0.717, 1.165) is 19.3 Å². The van der Waals surface area contributed by atoms with Crippen LogP contribution in [0.4, 0.5) is 0 Å². The molecule has 0 bridgehead atoms. The maximum atomic E-state index is 8.31. The first-order chi connectivity index (χ1) is 6.27. The molecule has 0 aliphatic heterocycles. The Morgan fingerprint density at radius 3 is 2.31 bits per heavy atom. The summed E-state index contributed by atoms with van der Waals surface area (Å²) in [5, 5.41) is 7.28. The topological polar surface area (TPSA) is 97.5 Å². The third kappa shape index (κ3) is 2.54. The number of hydrogen-bond donors (Lipinski definition) is 0. The zero-order valence-corrected chi connectivity index (χ0v) is 7.54. The Bertz CT molecular complexity index is 262. The minimum atomic E-state index is -0.148. The second-order valence-corrected chi connectivity index (χ2v) is 3.46. The molecule has 0 aromatic carbocycles. The molecule has 0 aromatic heterocycles. The van der Waals surface area contributed by atoms with E-state index in [1.54, 1.807) is 0 Å². The lowest BCUT2D eigenvalue weighted by Crippen LogP contribution is -2.29. The van der Waals surface area contributed by atoms with E-state index in [-0.39, 0.29) is 12.1 Å². The van der Waals surface area contributed by atoms with E-state index in [1.807, 2.05) is 0 Å². The van der Waals surface area contributed by atoms with Crippen molar-refractivity contribution in [2.75, 3.05) is 0 Å². The summed E-state index contributed by atoms with van der Waals surface area (Å²) in [6, 6.07) is -0.290. The van der Waals surface area contributed by atoms with Crippen LogP contribution in [-0.2, 0) is 0 Å². The molecule has 0 radical (unpaired) electrons. The van der Waals surface area contributed by atoms with Crippen LogP contribution < -0.4 is 0 Å². The quantitative estimate of drug-likeness (QED) is 0.354. The Kier molecular flexibility index (Phi) is 3.43. The average molecular weight is 180 g/mol. The van der Waals surface area contributed by atoms with E-state index in [4.69, 9.17) is 11.1 Å². The fourth-order valence-electron chi connectivity index (χ4n) is 1.73. The summed E-state index contributed by atoms with van der Waals surface area (Å²) < 4.78 is 0. The van der Waals surface area contributed by atoms with Gasteiger partial charge in [0.05, 0.1) is 0 Å². The highest BCUT2D eigenvalue weighted by Crippen LogP contribution is 2.28. The molecule has 0 spiro atoms. The molecule has 6 nitrogen and oxygen atoms in total. The number of azide groups is 2. The van der Waals surface area contributed by atoms with Gasteiger partial charge in [0.2, 0.25) is 0 Å². The third-order valence-corrected chi connectivity index (χ3v) is 2.44. The van der Waals surface area contributed by atoms with Crippen LogP contribution in [0.15, 0.2) is 10.2 Å². The Morgan fingerprint density at radius 1 is 1.08 bits per heavy atom. The van der Waals surface area contributed by atoms with Gasteiger partial charge < -0.3 is 0 Å². The maximum Gasteiger partial charge on any atom is 0.0460 e. The van der Waals surface area contributed by atoms with Crippen LogP contribution in [0.1, 0.15) is 26.2 Å². The minimum absolute atomic E-state index is 0.142. The average Bonchev–Trinajstić information content (AvgIpc) is 2.10. The molecular weight excluding hydrogens is 168 g/mol. The summed E-state index contributed by atoms with van der Waals surface area (Å²) in [7, 11) is 0. The summed E-state index contributed by atoms with van der Waals surface area (Å²) >= 11 is 0. The van der Waals surface area contributed by atoms with Crippen molar-refractivity contribution < 1.29 is 0 Å². The molecule has 70 valence electrons. The Labute approximate surface area is 76.2 Å². The number of nitrogens with zero attached hydrogens (tertiary/aromatic N) is 6. The molecule has 0 amide bonds. The molecule has 1 rings (SSSR count). The maximum absolute atomic E-state index is 8.31. The lowest BCUT2D eigenvalue weighted by atomic mass is 9.84. The smallest absolute Gasteiger partial charge is 0.0460 e. The van der Waals surface area contributed by atoms with Gasteiger partial charge in [-0.25, -0.2) is 0 Å². The first-order valence-corrected chi connectivity index (χ1v) is 4.36. The summed E-state index contributed by atoms with van der Waals surface area (Å²) in [6.07, 6.45) is 2.70. The Morgan fingerprint density at radius 2 is 1.69 bits per heavy atom. The van der Waals surface area contributed by atoms with Crippen LogP contribution in [-0.4, -0.2) is 12.1 Å². The van der Waals surface area contributed by atoms with Crippen LogP contribution in [0.2, 0.25) is 0 Å². The van der Waals surface area contributed by atoms with Gasteiger partial charge in [-0.3, -0.25) is 0 Å². The van der Waals surface area contributed by atoms with E-state index < -0.39 is 0 Å². The molecule has 1 aliphatic rings. The second kappa shape index (κ2) is 4.60. The Hall–Kier alpha value is -1.38. The highest BCUT2D eigenvalue weighted by Gasteiger charge is 2.26. The van der Waals surface area contributed by atoms with Crippen molar-refractivity contribution in [2.24, 2.45) is 16.1 Å². The zero-order valence-electron chi connectivity index (χ0n) is 7.54. The van der Waals surface area contributed by atoms with Gasteiger partial charge in [0.15, 0.2) is 0 Å². The molecule has 1 unspecified atom stereocenters. The minimum Gasteiger partial charge on any atom is -0.0902 e. The van der Waals surface area contributed by atoms with Gasteiger partial charge in [-0.15, -0.1) is 0 Å². The molecular formula is C7H12N6. The molecule has 0 saturated heterocycles. The fraction of sp³-hybridized carbons (Fsp3) is 1.00. The zero-order chi connectivity index (χ0) is 9.68. The first-order valence-electron chi connectivity index (χ1n) is 4.36. The van der Waals surface area contributed by atoms with Crippen molar-refractivity contribution in [1.29, 1.82) is 0 Å². The van der Waals surface area contributed by atoms with Crippen LogP contribution in [0.5, 0.6) is 0 Å². The molecule has 1 saturated carbocycles. The molecule has 13 heavy (non-hydrogen) atoms. The van der Waals surface area contributed by atoms with Crippen LogP contribution in [0.3, 0.4) is 0 Å². The van der Waals surface area contributed by atoms with Crippen molar-refractivity contribution in [2.45, 2.75) is 38.3 Å². The summed E-state index contributed by atoms with van der Waals surface area (Å²) in [6.45, 7) is 2.12. The van der Waals surface area contributed by atoms with Gasteiger partial charge in [0.25, 0.3) is 0 Å². The second-order valence-electron chi connectivity index (χ2n) is 3.46. The van der Waals surface area contributed by atoms with Gasteiger partial charge in [-0.2, -0.15) is 0 Å². The van der Waals surface area contributed by atoms with Crippen LogP contribution in [0.25, 0.3) is 20.9 Å². The lowest BCUT2D eigenvalue weighted by molar-refractivity contribution is 0.306. The summed E-state index contributed by atoms with van der Waals surface area (Å²) in [4.78, 5) is 5.53. The highest BCUT2D eigenvalue weighted by atomic mass is 15.2. The number of hydrogen-bond acceptors (Lipinski definition) is 2. The monoisotopic (exact) mass is 180 g/mol. The third-order valence-electron chi connectivity index (χ3n) is 2.44. The van der Waals surface area contributed by atoms with Crippen LogP contribution >= 0.6 is 0 Å². The molecule has 1 fully saturated rings. The lowest BCUT2D eigenvalue weighted by Gasteiger charge is -2.28. The fourth-order valence-corrected chi connectivity index (χ4v) is 1.73. The predicted molar refractivity (Wildman–Crippen MR) is 48.9 cm³/mol. The van der Waals surface area contributed by atoms with E-state index >= 15 is 0 Å². The molecule has 0 N–H and O–H groups in total. The van der Waals surface area contributed by atoms with Crippen molar-refractivity contribution in [3.05, 3.63) is 20.9 Å². The highest BCUT2D eigenvalue weighted by molar-refractivity contribution is 4.88. The molecule has 3 atom stereocenters. The van der Waals surface area contributed by atoms with Crippen molar-refractivity contribution in [3.8, 4) is 0 Å². The van der Waals surface area contributed by atoms with Gasteiger partial charge in [0.1, 0.15) is 0 Å². The predicted octanol–water partition coefficient (Wildman–Crippen LogP) is 3.16. The van der Waals surface area contributed by atoms with Gasteiger partial charge in [0, 0.05) is 21.9 Å².